The number of anilines is 1. The summed E-state index contributed by atoms with van der Waals surface area (Å²) in [5, 5.41) is 4.02. The summed E-state index contributed by atoms with van der Waals surface area (Å²) in [5.41, 5.74) is 2.73. The Morgan fingerprint density at radius 3 is 2.55 bits per heavy atom. The number of unbranched alkanes of at least 4 members (excludes halogenated alkanes) is 1. The van der Waals surface area contributed by atoms with Crippen LogP contribution >= 0.6 is 23.1 Å². The Bertz CT molecular complexity index is 1220. The van der Waals surface area contributed by atoms with E-state index in [1.807, 2.05) is 45.0 Å². The molecule has 2 amide bonds. The fourth-order valence-corrected chi connectivity index (χ4v) is 5.35. The predicted octanol–water partition coefficient (Wildman–Crippen LogP) is 4.37. The fraction of sp³-hybridized carbons (Fsp3) is 0.417. The van der Waals surface area contributed by atoms with Crippen LogP contribution in [0.15, 0.2) is 34.2 Å². The Balaban J connectivity index is 1.69. The summed E-state index contributed by atoms with van der Waals surface area (Å²) < 4.78 is 1.69. The number of hydrogen-bond donors (Lipinski definition) is 1. The molecule has 2 aromatic heterocycles. The number of likely N-dealkylation sites (N-methyl/N-ethyl adjacent to an activating group) is 1. The molecule has 1 aromatic carbocycles. The highest BCUT2D eigenvalue weighted by molar-refractivity contribution is 7.99. The van der Waals surface area contributed by atoms with Crippen molar-refractivity contribution in [3.63, 3.8) is 0 Å². The number of rotatable bonds is 9. The van der Waals surface area contributed by atoms with Crippen LogP contribution in [0.3, 0.4) is 0 Å². The molecule has 3 aromatic rings. The summed E-state index contributed by atoms with van der Waals surface area (Å²) in [4.78, 5) is 46.1. The Morgan fingerprint density at radius 2 is 1.88 bits per heavy atom. The molecule has 0 spiro atoms. The van der Waals surface area contributed by atoms with E-state index in [0.29, 0.717) is 27.6 Å². The number of carbonyl (C=O) groups excluding carboxylic acids is 2. The van der Waals surface area contributed by atoms with E-state index in [0.717, 1.165) is 28.8 Å². The minimum atomic E-state index is -0.261. The van der Waals surface area contributed by atoms with Gasteiger partial charge in [-0.25, -0.2) is 4.98 Å². The Hall–Kier alpha value is -2.65. The molecule has 9 heteroatoms. The van der Waals surface area contributed by atoms with Crippen LogP contribution in [0.5, 0.6) is 0 Å². The smallest absolute Gasteiger partial charge is 0.263 e. The summed E-state index contributed by atoms with van der Waals surface area (Å²) in [6.07, 6.45) is 1.81. The lowest BCUT2D eigenvalue weighted by Gasteiger charge is -2.17. The first-order valence-electron chi connectivity index (χ1n) is 10.9. The van der Waals surface area contributed by atoms with E-state index in [1.165, 1.54) is 28.0 Å². The first-order chi connectivity index (χ1) is 15.7. The van der Waals surface area contributed by atoms with E-state index in [4.69, 9.17) is 4.98 Å². The molecular weight excluding hydrogens is 456 g/mol. The van der Waals surface area contributed by atoms with Gasteiger partial charge in [0.25, 0.3) is 5.56 Å². The number of nitrogens with zero attached hydrogens (tertiary/aromatic N) is 3. The largest absolute Gasteiger partial charge is 0.336 e. The number of thiophene rings is 1. The van der Waals surface area contributed by atoms with Crippen molar-refractivity contribution in [2.75, 3.05) is 24.7 Å². The molecule has 0 unspecified atom stereocenters. The van der Waals surface area contributed by atoms with Crippen LogP contribution in [0.1, 0.15) is 35.8 Å². The van der Waals surface area contributed by atoms with Crippen molar-refractivity contribution in [1.29, 1.82) is 0 Å². The van der Waals surface area contributed by atoms with Gasteiger partial charge in [-0.1, -0.05) is 42.8 Å². The monoisotopic (exact) mass is 486 g/mol. The van der Waals surface area contributed by atoms with Crippen LogP contribution in [0.2, 0.25) is 0 Å². The molecule has 7 nitrogen and oxygen atoms in total. The number of aromatic nitrogens is 2. The molecule has 2 heterocycles. The molecule has 0 radical (unpaired) electrons. The standard InChI is InChI=1S/C24H30N4O3S2/c1-6-7-12-28-23(31)21-16(3)17(4)33-22(21)26-24(28)32-14-20(30)27(5)13-19(29)25-18-10-8-15(2)9-11-18/h8-11H,6-7,12-14H2,1-5H3,(H,25,29). The van der Waals surface area contributed by atoms with E-state index in [9.17, 15) is 14.4 Å². The summed E-state index contributed by atoms with van der Waals surface area (Å²) in [7, 11) is 1.60. The number of amides is 2. The maximum atomic E-state index is 13.2. The minimum absolute atomic E-state index is 0.0453. The second-order valence-electron chi connectivity index (χ2n) is 8.12. The molecule has 0 aliphatic carbocycles. The van der Waals surface area contributed by atoms with Gasteiger partial charge in [0.1, 0.15) is 4.83 Å². The molecule has 0 aliphatic heterocycles. The zero-order chi connectivity index (χ0) is 24.1. The normalized spacial score (nSPS) is 11.1. The molecule has 33 heavy (non-hydrogen) atoms. The number of aryl methyl sites for hydroxylation is 3. The fourth-order valence-electron chi connectivity index (χ4n) is 3.31. The van der Waals surface area contributed by atoms with Gasteiger partial charge in [0, 0.05) is 24.2 Å². The highest BCUT2D eigenvalue weighted by Crippen LogP contribution is 2.28. The van der Waals surface area contributed by atoms with Crippen LogP contribution in [-0.4, -0.2) is 45.6 Å². The lowest BCUT2D eigenvalue weighted by atomic mass is 10.2. The van der Waals surface area contributed by atoms with E-state index in [-0.39, 0.29) is 29.7 Å². The molecule has 0 aliphatic rings. The van der Waals surface area contributed by atoms with Gasteiger partial charge in [-0.2, -0.15) is 0 Å². The third-order valence-corrected chi connectivity index (χ3v) is 7.52. The zero-order valence-corrected chi connectivity index (χ0v) is 21.4. The van der Waals surface area contributed by atoms with E-state index < -0.39 is 0 Å². The summed E-state index contributed by atoms with van der Waals surface area (Å²) >= 11 is 2.75. The molecule has 0 atom stereocenters. The molecule has 176 valence electrons. The highest BCUT2D eigenvalue weighted by atomic mass is 32.2. The third-order valence-electron chi connectivity index (χ3n) is 5.46. The van der Waals surface area contributed by atoms with Crippen molar-refractivity contribution < 1.29 is 9.59 Å². The van der Waals surface area contributed by atoms with Crippen LogP contribution < -0.4 is 10.9 Å². The number of carbonyl (C=O) groups is 2. The van der Waals surface area contributed by atoms with Crippen LogP contribution in [0.4, 0.5) is 5.69 Å². The van der Waals surface area contributed by atoms with Crippen LogP contribution in [0.25, 0.3) is 10.2 Å². The second-order valence-corrected chi connectivity index (χ2v) is 10.3. The molecule has 0 saturated carbocycles. The van der Waals surface area contributed by atoms with Crippen molar-refractivity contribution >= 4 is 50.8 Å². The number of benzene rings is 1. The number of thioether (sulfide) groups is 1. The average molecular weight is 487 g/mol. The maximum Gasteiger partial charge on any atom is 0.263 e. The Morgan fingerprint density at radius 1 is 1.18 bits per heavy atom. The van der Waals surface area contributed by atoms with Crippen molar-refractivity contribution in [3.05, 3.63) is 50.6 Å². The molecule has 1 N–H and O–H groups in total. The lowest BCUT2D eigenvalue weighted by molar-refractivity contribution is -0.131. The van der Waals surface area contributed by atoms with Crippen molar-refractivity contribution in [2.24, 2.45) is 0 Å². The summed E-state index contributed by atoms with van der Waals surface area (Å²) in [5.74, 6) is -0.362. The summed E-state index contributed by atoms with van der Waals surface area (Å²) in [6.45, 7) is 8.51. The lowest BCUT2D eigenvalue weighted by Crippen LogP contribution is -2.36. The molecule has 0 bridgehead atoms. The van der Waals surface area contributed by atoms with Crippen molar-refractivity contribution in [1.82, 2.24) is 14.5 Å². The molecule has 3 rings (SSSR count). The van der Waals surface area contributed by atoms with E-state index in [2.05, 4.69) is 12.2 Å². The SMILES string of the molecule is CCCCn1c(SCC(=O)N(C)CC(=O)Nc2ccc(C)cc2)nc2sc(C)c(C)c2c1=O. The number of fused-ring (bicyclic) bond motifs is 1. The van der Waals surface area contributed by atoms with Gasteiger partial charge in [-0.15, -0.1) is 11.3 Å². The van der Waals surface area contributed by atoms with Gasteiger partial charge in [0.05, 0.1) is 17.7 Å². The van der Waals surface area contributed by atoms with Gasteiger partial charge in [0.2, 0.25) is 11.8 Å². The van der Waals surface area contributed by atoms with Gasteiger partial charge in [-0.3, -0.25) is 19.0 Å². The third kappa shape index (κ3) is 6.03. The first-order valence-corrected chi connectivity index (χ1v) is 12.7. The van der Waals surface area contributed by atoms with Gasteiger partial charge >= 0.3 is 0 Å². The van der Waals surface area contributed by atoms with E-state index >= 15 is 0 Å². The van der Waals surface area contributed by atoms with Gasteiger partial charge in [0.15, 0.2) is 5.16 Å². The number of nitrogens with one attached hydrogen (secondary N) is 1. The Kier molecular flexibility index (Phi) is 8.31. The van der Waals surface area contributed by atoms with Crippen LogP contribution in [-0.2, 0) is 16.1 Å². The highest BCUT2D eigenvalue weighted by Gasteiger charge is 2.19. The van der Waals surface area contributed by atoms with Gasteiger partial charge in [-0.05, 0) is 44.9 Å². The van der Waals surface area contributed by atoms with Crippen molar-refractivity contribution in [3.8, 4) is 0 Å². The number of hydrogen-bond acceptors (Lipinski definition) is 6. The predicted molar refractivity (Wildman–Crippen MR) is 136 cm³/mol. The van der Waals surface area contributed by atoms with Crippen LogP contribution in [0, 0.1) is 20.8 Å². The topological polar surface area (TPSA) is 84.3 Å². The minimum Gasteiger partial charge on any atom is -0.336 e. The summed E-state index contributed by atoms with van der Waals surface area (Å²) in [6, 6.07) is 7.49. The average Bonchev–Trinajstić information content (AvgIpc) is 3.06. The Labute approximate surface area is 202 Å². The molecule has 0 fully saturated rings. The van der Waals surface area contributed by atoms with Crippen molar-refractivity contribution in [2.45, 2.75) is 52.2 Å². The van der Waals surface area contributed by atoms with E-state index in [1.54, 1.807) is 11.6 Å². The molecular formula is C24H30N4O3S2. The first kappa shape index (κ1) is 25.0. The zero-order valence-electron chi connectivity index (χ0n) is 19.7. The maximum absolute atomic E-state index is 13.2. The molecule has 0 saturated heterocycles. The quantitative estimate of drug-likeness (QED) is 0.359. The van der Waals surface area contributed by atoms with Gasteiger partial charge < -0.3 is 10.2 Å². The second kappa shape index (κ2) is 11.0.